The van der Waals surface area contributed by atoms with E-state index in [4.69, 9.17) is 9.47 Å². The summed E-state index contributed by atoms with van der Waals surface area (Å²) in [7, 11) is 0. The molecule has 0 N–H and O–H groups in total. The third kappa shape index (κ3) is 11.3. The second-order valence-electron chi connectivity index (χ2n) is 8.53. The molecule has 1 aliphatic heterocycles. The molecule has 0 saturated carbocycles. The Morgan fingerprint density at radius 2 is 0.880 bits per heavy atom. The Morgan fingerprint density at radius 3 is 1.32 bits per heavy atom. The summed E-state index contributed by atoms with van der Waals surface area (Å²) in [5.74, 6) is -0.375. The van der Waals surface area contributed by atoms with Gasteiger partial charge in [-0.25, -0.2) is 0 Å². The first-order valence-corrected chi connectivity index (χ1v) is 11.4. The molecule has 0 spiro atoms. The first-order valence-electron chi connectivity index (χ1n) is 11.4. The molecule has 2 atom stereocenters. The molecule has 1 heterocycles. The SMILES string of the molecule is CCCCCCCCCCCCCC[C@H]1OC(C)(C)O[C@H]1CCCC. The van der Waals surface area contributed by atoms with Crippen LogP contribution in [0.25, 0.3) is 0 Å². The highest BCUT2D eigenvalue weighted by molar-refractivity contribution is 4.81. The molecule has 0 aromatic carbocycles. The number of unbranched alkanes of at least 4 members (excludes halogenated alkanes) is 12. The molecule has 25 heavy (non-hydrogen) atoms. The van der Waals surface area contributed by atoms with Crippen molar-refractivity contribution in [1.82, 2.24) is 0 Å². The van der Waals surface area contributed by atoms with Crippen LogP contribution in [0.3, 0.4) is 0 Å². The summed E-state index contributed by atoms with van der Waals surface area (Å²) in [6.45, 7) is 8.67. The molecule has 1 rings (SSSR count). The van der Waals surface area contributed by atoms with Gasteiger partial charge in [-0.1, -0.05) is 104 Å². The van der Waals surface area contributed by atoms with Crippen LogP contribution in [0.5, 0.6) is 0 Å². The fraction of sp³-hybridized carbons (Fsp3) is 1.00. The first kappa shape index (κ1) is 23.0. The van der Waals surface area contributed by atoms with Crippen molar-refractivity contribution in [2.45, 2.75) is 148 Å². The summed E-state index contributed by atoms with van der Waals surface area (Å²) in [4.78, 5) is 0. The molecule has 2 heteroatoms. The number of rotatable bonds is 16. The quantitative estimate of drug-likeness (QED) is 0.263. The van der Waals surface area contributed by atoms with Gasteiger partial charge < -0.3 is 9.47 Å². The monoisotopic (exact) mass is 354 g/mol. The van der Waals surface area contributed by atoms with Gasteiger partial charge >= 0.3 is 0 Å². The maximum Gasteiger partial charge on any atom is 0.163 e. The van der Waals surface area contributed by atoms with Crippen molar-refractivity contribution in [3.05, 3.63) is 0 Å². The Labute approximate surface area is 158 Å². The second-order valence-corrected chi connectivity index (χ2v) is 8.53. The molecule has 0 unspecified atom stereocenters. The van der Waals surface area contributed by atoms with Crippen molar-refractivity contribution in [1.29, 1.82) is 0 Å². The van der Waals surface area contributed by atoms with E-state index >= 15 is 0 Å². The van der Waals surface area contributed by atoms with E-state index in [1.54, 1.807) is 0 Å². The topological polar surface area (TPSA) is 18.5 Å². The standard InChI is InChI=1S/C23H46O2/c1-5-7-9-10-11-12-13-14-15-16-17-18-20-22-21(19-8-6-2)24-23(3,4)25-22/h21-22H,5-20H2,1-4H3/t21-,22+/m0/s1. The molecular formula is C23H46O2. The maximum absolute atomic E-state index is 6.14. The van der Waals surface area contributed by atoms with Gasteiger partial charge in [0, 0.05) is 0 Å². The van der Waals surface area contributed by atoms with Gasteiger partial charge in [0.2, 0.25) is 0 Å². The molecule has 1 saturated heterocycles. The second kappa shape index (κ2) is 14.0. The van der Waals surface area contributed by atoms with Gasteiger partial charge in [-0.3, -0.25) is 0 Å². The van der Waals surface area contributed by atoms with Crippen LogP contribution in [0, 0.1) is 0 Å². The van der Waals surface area contributed by atoms with Crippen molar-refractivity contribution >= 4 is 0 Å². The summed E-state index contributed by atoms with van der Waals surface area (Å²) in [5.41, 5.74) is 0. The van der Waals surface area contributed by atoms with Crippen LogP contribution in [0.1, 0.15) is 130 Å². The summed E-state index contributed by atoms with van der Waals surface area (Å²) in [6, 6.07) is 0. The number of hydrogen-bond donors (Lipinski definition) is 0. The summed E-state index contributed by atoms with van der Waals surface area (Å²) >= 11 is 0. The third-order valence-electron chi connectivity index (χ3n) is 5.47. The van der Waals surface area contributed by atoms with E-state index in [2.05, 4.69) is 27.7 Å². The zero-order chi connectivity index (χ0) is 18.4. The van der Waals surface area contributed by atoms with Gasteiger partial charge in [-0.05, 0) is 26.7 Å². The minimum atomic E-state index is -0.375. The Kier molecular flexibility index (Phi) is 12.9. The first-order chi connectivity index (χ1) is 12.1. The summed E-state index contributed by atoms with van der Waals surface area (Å²) < 4.78 is 12.2. The van der Waals surface area contributed by atoms with E-state index in [9.17, 15) is 0 Å². The molecule has 1 aliphatic rings. The molecule has 0 aromatic heterocycles. The lowest BCUT2D eigenvalue weighted by Crippen LogP contribution is -2.22. The zero-order valence-corrected chi connectivity index (χ0v) is 17.8. The van der Waals surface area contributed by atoms with Crippen LogP contribution in [0.15, 0.2) is 0 Å². The van der Waals surface area contributed by atoms with Crippen molar-refractivity contribution in [2.75, 3.05) is 0 Å². The van der Waals surface area contributed by atoms with Gasteiger partial charge in [-0.2, -0.15) is 0 Å². The smallest absolute Gasteiger partial charge is 0.163 e. The normalized spacial score (nSPS) is 22.6. The Balaban J connectivity index is 1.96. The number of ether oxygens (including phenoxy) is 2. The predicted molar refractivity (Wildman–Crippen MR) is 109 cm³/mol. The van der Waals surface area contributed by atoms with E-state index in [0.717, 1.165) is 6.42 Å². The summed E-state index contributed by atoms with van der Waals surface area (Å²) in [6.07, 6.45) is 22.4. The molecule has 2 nitrogen and oxygen atoms in total. The van der Waals surface area contributed by atoms with E-state index in [0.29, 0.717) is 12.2 Å². The van der Waals surface area contributed by atoms with Crippen LogP contribution in [-0.2, 0) is 9.47 Å². The molecule has 0 radical (unpaired) electrons. The Hall–Kier alpha value is -0.0800. The average Bonchev–Trinajstić information content (AvgIpc) is 2.87. The maximum atomic E-state index is 6.14. The van der Waals surface area contributed by atoms with Crippen molar-refractivity contribution in [3.63, 3.8) is 0 Å². The fourth-order valence-corrected chi connectivity index (χ4v) is 3.99. The Morgan fingerprint density at radius 1 is 0.520 bits per heavy atom. The lowest BCUT2D eigenvalue weighted by atomic mass is 10.0. The van der Waals surface area contributed by atoms with Gasteiger partial charge in [0.1, 0.15) is 0 Å². The highest BCUT2D eigenvalue weighted by Crippen LogP contribution is 2.33. The van der Waals surface area contributed by atoms with Gasteiger partial charge in [0.25, 0.3) is 0 Å². The fourth-order valence-electron chi connectivity index (χ4n) is 3.99. The van der Waals surface area contributed by atoms with Crippen LogP contribution >= 0.6 is 0 Å². The third-order valence-corrected chi connectivity index (χ3v) is 5.47. The molecule has 0 aliphatic carbocycles. The predicted octanol–water partition coefficient (Wildman–Crippen LogP) is 7.79. The lowest BCUT2D eigenvalue weighted by molar-refractivity contribution is -0.147. The van der Waals surface area contributed by atoms with Crippen molar-refractivity contribution in [2.24, 2.45) is 0 Å². The summed E-state index contributed by atoms with van der Waals surface area (Å²) in [5, 5.41) is 0. The molecule has 0 bridgehead atoms. The largest absolute Gasteiger partial charge is 0.345 e. The zero-order valence-electron chi connectivity index (χ0n) is 17.8. The van der Waals surface area contributed by atoms with E-state index in [-0.39, 0.29) is 5.79 Å². The van der Waals surface area contributed by atoms with Gasteiger partial charge in [-0.15, -0.1) is 0 Å². The van der Waals surface area contributed by atoms with E-state index in [1.807, 2.05) is 0 Å². The van der Waals surface area contributed by atoms with E-state index in [1.165, 1.54) is 96.3 Å². The van der Waals surface area contributed by atoms with Crippen molar-refractivity contribution < 1.29 is 9.47 Å². The van der Waals surface area contributed by atoms with Gasteiger partial charge in [0.15, 0.2) is 5.79 Å². The molecule has 0 amide bonds. The molecule has 0 aromatic rings. The van der Waals surface area contributed by atoms with Crippen LogP contribution in [0.2, 0.25) is 0 Å². The van der Waals surface area contributed by atoms with Crippen LogP contribution in [0.4, 0.5) is 0 Å². The Bertz CT molecular complexity index is 300. The van der Waals surface area contributed by atoms with Crippen LogP contribution < -0.4 is 0 Å². The van der Waals surface area contributed by atoms with Gasteiger partial charge in [0.05, 0.1) is 12.2 Å². The van der Waals surface area contributed by atoms with Crippen molar-refractivity contribution in [3.8, 4) is 0 Å². The highest BCUT2D eigenvalue weighted by Gasteiger charge is 2.40. The van der Waals surface area contributed by atoms with E-state index < -0.39 is 0 Å². The number of hydrogen-bond acceptors (Lipinski definition) is 2. The molecular weight excluding hydrogens is 308 g/mol. The highest BCUT2D eigenvalue weighted by atomic mass is 16.7. The minimum absolute atomic E-state index is 0.322. The average molecular weight is 355 g/mol. The molecule has 1 fully saturated rings. The van der Waals surface area contributed by atoms with Crippen LogP contribution in [-0.4, -0.2) is 18.0 Å². The lowest BCUT2D eigenvalue weighted by Gasteiger charge is -2.16. The molecule has 150 valence electrons. The minimum Gasteiger partial charge on any atom is -0.345 e.